The van der Waals surface area contributed by atoms with Crippen LogP contribution in [0.5, 0.6) is 11.5 Å². The minimum Gasteiger partial charge on any atom is -0.508 e. The summed E-state index contributed by atoms with van der Waals surface area (Å²) in [5.74, 6) is 0.577. The average Bonchev–Trinajstić information content (AvgIpc) is 3.24. The zero-order valence-electron chi connectivity index (χ0n) is 15.3. The Hall–Kier alpha value is -2.46. The summed E-state index contributed by atoms with van der Waals surface area (Å²) in [6.45, 7) is 6.64. The highest BCUT2D eigenvalue weighted by Crippen LogP contribution is 2.35. The van der Waals surface area contributed by atoms with Gasteiger partial charge in [0.1, 0.15) is 11.5 Å². The van der Waals surface area contributed by atoms with Crippen LogP contribution in [0.3, 0.4) is 0 Å². The molecule has 4 nitrogen and oxygen atoms in total. The molecule has 0 amide bonds. The summed E-state index contributed by atoms with van der Waals surface area (Å²) in [5, 5.41) is 20.7. The minimum atomic E-state index is 0.278. The number of hydrogen-bond donors (Lipinski definition) is 2. The van der Waals surface area contributed by atoms with Gasteiger partial charge in [0.25, 0.3) is 0 Å². The van der Waals surface area contributed by atoms with E-state index in [9.17, 15) is 10.2 Å². The third-order valence-electron chi connectivity index (χ3n) is 5.50. The minimum absolute atomic E-state index is 0.278. The molecule has 26 heavy (non-hydrogen) atoms. The van der Waals surface area contributed by atoms with Gasteiger partial charge in [-0.05, 0) is 99.4 Å². The third kappa shape index (κ3) is 3.17. The summed E-state index contributed by atoms with van der Waals surface area (Å²) >= 11 is 0. The number of phenols is 2. The Morgan fingerprint density at radius 1 is 0.885 bits per heavy atom. The second-order valence-corrected chi connectivity index (χ2v) is 7.28. The summed E-state index contributed by atoms with van der Waals surface area (Å²) < 4.78 is 2.37. The second kappa shape index (κ2) is 7.04. The van der Waals surface area contributed by atoms with Crippen LogP contribution < -0.4 is 0 Å². The van der Waals surface area contributed by atoms with E-state index in [1.807, 2.05) is 24.3 Å². The van der Waals surface area contributed by atoms with Crippen molar-refractivity contribution in [1.29, 1.82) is 0 Å². The predicted molar refractivity (Wildman–Crippen MR) is 106 cm³/mol. The SMILES string of the molecule is Cc1c(-c2ccc(O)cc2)n(CCCN2CCCC2)c2ccc(O)cc12. The molecular formula is C22H26N2O2. The lowest BCUT2D eigenvalue weighted by Gasteiger charge is -2.16. The first-order valence-electron chi connectivity index (χ1n) is 9.47. The number of hydrogen-bond acceptors (Lipinski definition) is 3. The molecule has 136 valence electrons. The topological polar surface area (TPSA) is 48.6 Å². The lowest BCUT2D eigenvalue weighted by Crippen LogP contribution is -2.21. The first kappa shape index (κ1) is 17.0. The van der Waals surface area contributed by atoms with Crippen molar-refractivity contribution in [2.24, 2.45) is 0 Å². The fourth-order valence-electron chi connectivity index (χ4n) is 4.19. The molecular weight excluding hydrogens is 324 g/mol. The molecule has 4 rings (SSSR count). The van der Waals surface area contributed by atoms with Crippen LogP contribution in [0.1, 0.15) is 24.8 Å². The maximum atomic E-state index is 9.93. The van der Waals surface area contributed by atoms with E-state index >= 15 is 0 Å². The van der Waals surface area contributed by atoms with E-state index < -0.39 is 0 Å². The zero-order valence-corrected chi connectivity index (χ0v) is 15.3. The molecule has 2 N–H and O–H groups in total. The van der Waals surface area contributed by atoms with Gasteiger partial charge in [-0.25, -0.2) is 0 Å². The van der Waals surface area contributed by atoms with Gasteiger partial charge < -0.3 is 19.7 Å². The van der Waals surface area contributed by atoms with E-state index in [2.05, 4.69) is 16.4 Å². The van der Waals surface area contributed by atoms with Gasteiger partial charge in [-0.3, -0.25) is 0 Å². The fraction of sp³-hybridized carbons (Fsp3) is 0.364. The molecule has 4 heteroatoms. The molecule has 0 unspecified atom stereocenters. The Morgan fingerprint density at radius 2 is 1.58 bits per heavy atom. The Balaban J connectivity index is 1.72. The number of nitrogens with zero attached hydrogens (tertiary/aromatic N) is 2. The number of aryl methyl sites for hydroxylation is 2. The third-order valence-corrected chi connectivity index (χ3v) is 5.50. The monoisotopic (exact) mass is 350 g/mol. The molecule has 0 radical (unpaired) electrons. The Labute approximate surface area is 154 Å². The van der Waals surface area contributed by atoms with Gasteiger partial charge in [0.05, 0.1) is 5.69 Å². The van der Waals surface area contributed by atoms with E-state index in [0.717, 1.165) is 36.0 Å². The molecule has 0 saturated carbocycles. The van der Waals surface area contributed by atoms with Gasteiger partial charge in [-0.15, -0.1) is 0 Å². The van der Waals surface area contributed by atoms with E-state index in [1.165, 1.54) is 37.2 Å². The molecule has 0 spiro atoms. The Kier molecular flexibility index (Phi) is 4.60. The predicted octanol–water partition coefficient (Wildman–Crippen LogP) is 4.51. The lowest BCUT2D eigenvalue weighted by atomic mass is 10.1. The van der Waals surface area contributed by atoms with Crippen molar-refractivity contribution in [3.05, 3.63) is 48.0 Å². The van der Waals surface area contributed by atoms with Crippen LogP contribution in [-0.2, 0) is 6.54 Å². The van der Waals surface area contributed by atoms with Crippen molar-refractivity contribution < 1.29 is 10.2 Å². The van der Waals surface area contributed by atoms with Gasteiger partial charge in [0.15, 0.2) is 0 Å². The van der Waals surface area contributed by atoms with Gasteiger partial charge in [0, 0.05) is 17.4 Å². The van der Waals surface area contributed by atoms with Crippen LogP contribution in [0, 0.1) is 6.92 Å². The van der Waals surface area contributed by atoms with Gasteiger partial charge >= 0.3 is 0 Å². The van der Waals surface area contributed by atoms with Gasteiger partial charge in [-0.2, -0.15) is 0 Å². The van der Waals surface area contributed by atoms with Crippen molar-refractivity contribution in [2.45, 2.75) is 32.7 Å². The summed E-state index contributed by atoms with van der Waals surface area (Å²) in [6.07, 6.45) is 3.75. The number of fused-ring (bicyclic) bond motifs is 1. The average molecular weight is 350 g/mol. The molecule has 0 aliphatic carbocycles. The highest BCUT2D eigenvalue weighted by Gasteiger charge is 2.17. The first-order chi connectivity index (χ1) is 12.6. The fourth-order valence-corrected chi connectivity index (χ4v) is 4.19. The largest absolute Gasteiger partial charge is 0.508 e. The molecule has 3 aromatic rings. The summed E-state index contributed by atoms with van der Waals surface area (Å²) in [7, 11) is 0. The number of rotatable bonds is 5. The molecule has 0 atom stereocenters. The quantitative estimate of drug-likeness (QED) is 0.711. The van der Waals surface area contributed by atoms with Gasteiger partial charge in [0.2, 0.25) is 0 Å². The smallest absolute Gasteiger partial charge is 0.116 e. The van der Waals surface area contributed by atoms with Crippen LogP contribution in [0.4, 0.5) is 0 Å². The number of aromatic nitrogens is 1. The van der Waals surface area contributed by atoms with Crippen LogP contribution in [0.25, 0.3) is 22.2 Å². The molecule has 0 bridgehead atoms. The highest BCUT2D eigenvalue weighted by atomic mass is 16.3. The normalized spacial score (nSPS) is 15.1. The molecule has 1 aromatic heterocycles. The van der Waals surface area contributed by atoms with Crippen LogP contribution in [0.15, 0.2) is 42.5 Å². The second-order valence-electron chi connectivity index (χ2n) is 7.28. The Bertz CT molecular complexity index is 906. The van der Waals surface area contributed by atoms with E-state index in [0.29, 0.717) is 5.75 Å². The highest BCUT2D eigenvalue weighted by molar-refractivity contribution is 5.92. The van der Waals surface area contributed by atoms with Crippen molar-refractivity contribution in [3.63, 3.8) is 0 Å². The van der Waals surface area contributed by atoms with Crippen LogP contribution >= 0.6 is 0 Å². The van der Waals surface area contributed by atoms with Crippen LogP contribution in [-0.4, -0.2) is 39.3 Å². The van der Waals surface area contributed by atoms with Gasteiger partial charge in [-0.1, -0.05) is 0 Å². The molecule has 1 saturated heterocycles. The van der Waals surface area contributed by atoms with Crippen molar-refractivity contribution in [3.8, 4) is 22.8 Å². The number of benzene rings is 2. The van der Waals surface area contributed by atoms with Crippen molar-refractivity contribution >= 4 is 10.9 Å². The number of phenolic OH excluding ortho intramolecular Hbond substituents is 2. The Morgan fingerprint density at radius 3 is 2.31 bits per heavy atom. The number of aromatic hydroxyl groups is 2. The maximum absolute atomic E-state index is 9.93. The van der Waals surface area contributed by atoms with E-state index in [1.54, 1.807) is 18.2 Å². The molecule has 1 fully saturated rings. The first-order valence-corrected chi connectivity index (χ1v) is 9.47. The molecule has 1 aliphatic heterocycles. The summed E-state index contributed by atoms with van der Waals surface area (Å²) in [5.41, 5.74) is 4.59. The summed E-state index contributed by atoms with van der Waals surface area (Å²) in [6, 6.07) is 13.0. The zero-order chi connectivity index (χ0) is 18.1. The summed E-state index contributed by atoms with van der Waals surface area (Å²) in [4.78, 5) is 2.55. The van der Waals surface area contributed by atoms with E-state index in [4.69, 9.17) is 0 Å². The van der Waals surface area contributed by atoms with Crippen molar-refractivity contribution in [1.82, 2.24) is 9.47 Å². The molecule has 2 heterocycles. The lowest BCUT2D eigenvalue weighted by molar-refractivity contribution is 0.326. The molecule has 1 aliphatic rings. The number of likely N-dealkylation sites (tertiary alicyclic amines) is 1. The molecule has 2 aromatic carbocycles. The van der Waals surface area contributed by atoms with Crippen LogP contribution in [0.2, 0.25) is 0 Å². The standard InChI is InChI=1S/C22H26N2O2/c1-16-20-15-19(26)9-10-21(20)24(14-4-13-23-11-2-3-12-23)22(16)17-5-7-18(25)8-6-17/h5-10,15,25-26H,2-4,11-14H2,1H3. The van der Waals surface area contributed by atoms with E-state index in [-0.39, 0.29) is 5.75 Å². The maximum Gasteiger partial charge on any atom is 0.116 e. The van der Waals surface area contributed by atoms with Crippen molar-refractivity contribution in [2.75, 3.05) is 19.6 Å².